The molecule has 6 heteroatoms. The van der Waals surface area contributed by atoms with Gasteiger partial charge in [-0.3, -0.25) is 4.79 Å². The van der Waals surface area contributed by atoms with Gasteiger partial charge in [-0.1, -0.05) is 38.5 Å². The van der Waals surface area contributed by atoms with Gasteiger partial charge >= 0.3 is 0 Å². The summed E-state index contributed by atoms with van der Waals surface area (Å²) in [4.78, 5) is 14.1. The minimum atomic E-state index is -3.00. The number of hydrogen-bond donors (Lipinski definition) is 0. The van der Waals surface area contributed by atoms with Crippen LogP contribution in [0.15, 0.2) is 0 Å². The van der Waals surface area contributed by atoms with E-state index in [9.17, 15) is 9.36 Å². The minimum Gasteiger partial charge on any atom is -0.381 e. The van der Waals surface area contributed by atoms with Crippen molar-refractivity contribution in [1.29, 1.82) is 0 Å². The number of rotatable bonds is 7. The molecule has 162 valence electrons. The fourth-order valence-electron chi connectivity index (χ4n) is 5.96. The zero-order valence-electron chi connectivity index (χ0n) is 17.9. The average molecular weight is 415 g/mol. The lowest BCUT2D eigenvalue weighted by molar-refractivity contribution is -0.140. The zero-order chi connectivity index (χ0) is 20.1. The SMILES string of the molecule is COC1CC(OC)C(C(=O)P(=O)(C2CCCCC2)C2CCCCC2)C(OC)C1. The molecule has 0 radical (unpaired) electrons. The molecule has 0 aliphatic heterocycles. The van der Waals surface area contributed by atoms with Crippen molar-refractivity contribution in [2.45, 2.75) is 107 Å². The van der Waals surface area contributed by atoms with Gasteiger partial charge in [0.2, 0.25) is 0 Å². The van der Waals surface area contributed by atoms with Crippen molar-refractivity contribution in [2.24, 2.45) is 5.92 Å². The van der Waals surface area contributed by atoms with Gasteiger partial charge < -0.3 is 18.8 Å². The Morgan fingerprint density at radius 2 is 1.14 bits per heavy atom. The van der Waals surface area contributed by atoms with Gasteiger partial charge in [-0.05, 0) is 25.7 Å². The quantitative estimate of drug-likeness (QED) is 0.549. The molecule has 0 spiro atoms. The second-order valence-corrected chi connectivity index (χ2v) is 12.4. The van der Waals surface area contributed by atoms with Gasteiger partial charge in [0.05, 0.1) is 24.2 Å². The van der Waals surface area contributed by atoms with Crippen LogP contribution in [0.2, 0.25) is 0 Å². The third-order valence-electron chi connectivity index (χ3n) is 7.59. The second kappa shape index (κ2) is 10.2. The Labute approximate surface area is 170 Å². The highest BCUT2D eigenvalue weighted by molar-refractivity contribution is 7.81. The van der Waals surface area contributed by atoms with Crippen LogP contribution in [-0.4, -0.2) is 56.5 Å². The Morgan fingerprint density at radius 1 is 0.714 bits per heavy atom. The van der Waals surface area contributed by atoms with Gasteiger partial charge in [0, 0.05) is 45.5 Å². The Morgan fingerprint density at radius 3 is 1.50 bits per heavy atom. The normalized spacial score (nSPS) is 33.7. The number of carbonyl (C=O) groups excluding carboxylic acids is 1. The molecule has 2 unspecified atom stereocenters. The minimum absolute atomic E-state index is 0.0143. The Kier molecular flexibility index (Phi) is 8.18. The van der Waals surface area contributed by atoms with Gasteiger partial charge in [0.25, 0.3) is 0 Å². The van der Waals surface area contributed by atoms with E-state index in [0.717, 1.165) is 51.4 Å². The lowest BCUT2D eigenvalue weighted by Gasteiger charge is -2.44. The highest BCUT2D eigenvalue weighted by Gasteiger charge is 2.54. The molecule has 0 aromatic heterocycles. The first-order valence-electron chi connectivity index (χ1n) is 11.3. The molecule has 0 aromatic carbocycles. The molecular weight excluding hydrogens is 375 g/mol. The van der Waals surface area contributed by atoms with Crippen molar-refractivity contribution in [3.63, 3.8) is 0 Å². The van der Waals surface area contributed by atoms with Crippen molar-refractivity contribution in [3.05, 3.63) is 0 Å². The predicted molar refractivity (Wildman–Crippen MR) is 111 cm³/mol. The summed E-state index contributed by atoms with van der Waals surface area (Å²) >= 11 is 0. The van der Waals surface area contributed by atoms with Crippen molar-refractivity contribution < 1.29 is 23.6 Å². The largest absolute Gasteiger partial charge is 0.381 e. The van der Waals surface area contributed by atoms with Gasteiger partial charge in [-0.25, -0.2) is 0 Å². The molecule has 5 nitrogen and oxygen atoms in total. The highest BCUT2D eigenvalue weighted by Crippen LogP contribution is 2.65. The summed E-state index contributed by atoms with van der Waals surface area (Å²) in [5, 5.41) is 0. The van der Waals surface area contributed by atoms with Crippen LogP contribution in [0, 0.1) is 5.92 Å². The Balaban J connectivity index is 1.93. The molecule has 0 saturated heterocycles. The summed E-state index contributed by atoms with van der Waals surface area (Å²) in [6.07, 6.45) is 11.4. The first-order chi connectivity index (χ1) is 13.6. The zero-order valence-corrected chi connectivity index (χ0v) is 18.8. The number of hydrogen-bond acceptors (Lipinski definition) is 5. The van der Waals surface area contributed by atoms with E-state index < -0.39 is 13.1 Å². The third-order valence-corrected chi connectivity index (χ3v) is 11.8. The standard InChI is InChI=1S/C22H39O5P/c1-25-16-14-19(26-2)21(20(15-16)27-3)22(23)28(24,17-10-6-4-7-11-17)18-12-8-5-9-13-18/h16-21H,4-15H2,1-3H3. The van der Waals surface area contributed by atoms with Crippen molar-refractivity contribution >= 4 is 12.7 Å². The molecule has 3 fully saturated rings. The number of carbonyl (C=O) groups is 1. The van der Waals surface area contributed by atoms with Gasteiger partial charge in [-0.15, -0.1) is 0 Å². The van der Waals surface area contributed by atoms with E-state index in [4.69, 9.17) is 14.2 Å². The van der Waals surface area contributed by atoms with Gasteiger partial charge in [-0.2, -0.15) is 0 Å². The molecule has 0 bridgehead atoms. The lowest BCUT2D eigenvalue weighted by Crippen LogP contribution is -2.49. The number of ether oxygens (including phenoxy) is 3. The summed E-state index contributed by atoms with van der Waals surface area (Å²) in [6, 6.07) is 0. The lowest BCUT2D eigenvalue weighted by atomic mass is 9.82. The van der Waals surface area contributed by atoms with Crippen LogP contribution in [0.5, 0.6) is 0 Å². The third kappa shape index (κ3) is 4.43. The summed E-state index contributed by atoms with van der Waals surface area (Å²) < 4.78 is 31.8. The Hall–Kier alpha value is -0.220. The fraction of sp³-hybridized carbons (Fsp3) is 0.955. The molecule has 3 rings (SSSR count). The van der Waals surface area contributed by atoms with Crippen LogP contribution >= 0.6 is 7.14 Å². The van der Waals surface area contributed by atoms with Crippen LogP contribution in [0.3, 0.4) is 0 Å². The molecule has 2 atom stereocenters. The molecule has 28 heavy (non-hydrogen) atoms. The summed E-state index contributed by atoms with van der Waals surface area (Å²) in [5.41, 5.74) is 0.138. The smallest absolute Gasteiger partial charge is 0.200 e. The molecular formula is C22H39O5P. The van der Waals surface area contributed by atoms with Crippen molar-refractivity contribution in [3.8, 4) is 0 Å². The molecule has 0 amide bonds. The molecule has 0 heterocycles. The van der Waals surface area contributed by atoms with Crippen molar-refractivity contribution in [1.82, 2.24) is 0 Å². The maximum atomic E-state index is 14.7. The molecule has 3 aliphatic rings. The van der Waals surface area contributed by atoms with E-state index in [1.165, 1.54) is 12.8 Å². The Bertz CT molecular complexity index is 517. The van der Waals surface area contributed by atoms with E-state index in [0.29, 0.717) is 12.8 Å². The average Bonchev–Trinajstić information content (AvgIpc) is 2.78. The van der Waals surface area contributed by atoms with Crippen LogP contribution in [0.4, 0.5) is 0 Å². The van der Waals surface area contributed by atoms with E-state index in [-0.39, 0.29) is 35.2 Å². The van der Waals surface area contributed by atoms with E-state index in [2.05, 4.69) is 0 Å². The second-order valence-electron chi connectivity index (χ2n) is 9.03. The van der Waals surface area contributed by atoms with E-state index in [1.54, 1.807) is 21.3 Å². The van der Waals surface area contributed by atoms with Crippen LogP contribution in [-0.2, 0) is 23.6 Å². The summed E-state index contributed by atoms with van der Waals surface area (Å²) in [7, 11) is 2.01. The summed E-state index contributed by atoms with van der Waals surface area (Å²) in [5.74, 6) is -0.434. The van der Waals surface area contributed by atoms with Crippen LogP contribution in [0.25, 0.3) is 0 Å². The van der Waals surface area contributed by atoms with Crippen LogP contribution < -0.4 is 0 Å². The van der Waals surface area contributed by atoms with Gasteiger partial charge in [0.15, 0.2) is 12.7 Å². The summed E-state index contributed by atoms with van der Waals surface area (Å²) in [6.45, 7) is 0. The van der Waals surface area contributed by atoms with Gasteiger partial charge in [0.1, 0.15) is 0 Å². The number of methoxy groups -OCH3 is 3. The topological polar surface area (TPSA) is 61.8 Å². The first-order valence-corrected chi connectivity index (χ1v) is 13.1. The van der Waals surface area contributed by atoms with Crippen LogP contribution in [0.1, 0.15) is 77.0 Å². The molecule has 0 N–H and O–H groups in total. The van der Waals surface area contributed by atoms with Crippen molar-refractivity contribution in [2.75, 3.05) is 21.3 Å². The molecule has 3 aliphatic carbocycles. The first kappa shape index (κ1) is 22.5. The maximum absolute atomic E-state index is 14.7. The highest BCUT2D eigenvalue weighted by atomic mass is 31.2. The van der Waals surface area contributed by atoms with E-state index >= 15 is 0 Å². The van der Waals surface area contributed by atoms with E-state index in [1.807, 2.05) is 0 Å². The fourth-order valence-corrected chi connectivity index (χ4v) is 10.3. The monoisotopic (exact) mass is 414 g/mol. The predicted octanol–water partition coefficient (Wildman–Crippen LogP) is 5.00. The molecule has 0 aromatic rings. The maximum Gasteiger partial charge on any atom is 0.200 e. The molecule has 3 saturated carbocycles.